The third-order valence-electron chi connectivity index (χ3n) is 1.60. The van der Waals surface area contributed by atoms with Crippen LogP contribution < -0.4 is 0 Å². The maximum Gasteiger partial charge on any atom is 0.198 e. The lowest BCUT2D eigenvalue weighted by Crippen LogP contribution is -2.07. The van der Waals surface area contributed by atoms with Gasteiger partial charge in [0.2, 0.25) is 0 Å². The summed E-state index contributed by atoms with van der Waals surface area (Å²) in [5.74, 6) is -7.64. The van der Waals surface area contributed by atoms with Crippen LogP contribution in [0, 0.1) is 28.7 Å². The number of rotatable bonds is 2. The van der Waals surface area contributed by atoms with Gasteiger partial charge >= 0.3 is 0 Å². The van der Waals surface area contributed by atoms with Crippen LogP contribution in [-0.2, 0) is 0 Å². The highest BCUT2D eigenvalue weighted by molar-refractivity contribution is 5.91. The Morgan fingerprint density at radius 3 is 1.64 bits per heavy atom. The Morgan fingerprint density at radius 1 is 0.857 bits per heavy atom. The van der Waals surface area contributed by atoms with E-state index in [1.165, 1.54) is 0 Å². The van der Waals surface area contributed by atoms with Gasteiger partial charge in [-0.15, -0.1) is 0 Å². The molecule has 0 spiro atoms. The van der Waals surface area contributed by atoms with E-state index < -0.39 is 34.4 Å². The first kappa shape index (κ1) is 10.4. The van der Waals surface area contributed by atoms with Gasteiger partial charge in [-0.3, -0.25) is 4.79 Å². The normalized spacial score (nSPS) is 10.0. The van der Waals surface area contributed by atoms with Crippen molar-refractivity contribution in [2.45, 2.75) is 0 Å². The fourth-order valence-electron chi connectivity index (χ4n) is 0.922. The first-order chi connectivity index (χ1) is 6.54. The van der Waals surface area contributed by atoms with Crippen molar-refractivity contribution >= 4 is 12.5 Å². The Balaban J connectivity index is 3.73. The summed E-state index contributed by atoms with van der Waals surface area (Å²) in [4.78, 5) is 10.2. The van der Waals surface area contributed by atoms with E-state index in [0.717, 1.165) is 0 Å². The predicted molar refractivity (Wildman–Crippen MR) is 39.5 cm³/mol. The summed E-state index contributed by atoms with van der Waals surface area (Å²) >= 11 is 0. The molecule has 14 heavy (non-hydrogen) atoms. The van der Waals surface area contributed by atoms with E-state index >= 15 is 0 Å². The van der Waals surface area contributed by atoms with Gasteiger partial charge in [0.25, 0.3) is 0 Å². The summed E-state index contributed by atoms with van der Waals surface area (Å²) < 4.78 is 50.7. The molecule has 0 saturated heterocycles. The molecule has 0 fully saturated rings. The molecule has 1 N–H and O–H groups in total. The molecule has 0 aromatic heterocycles. The molecule has 0 amide bonds. The summed E-state index contributed by atoms with van der Waals surface area (Å²) in [7, 11) is 0. The maximum atomic E-state index is 12.8. The lowest BCUT2D eigenvalue weighted by Gasteiger charge is -2.04. The van der Waals surface area contributed by atoms with E-state index in [-0.39, 0.29) is 12.5 Å². The van der Waals surface area contributed by atoms with Crippen molar-refractivity contribution in [3.8, 4) is 0 Å². The third kappa shape index (κ3) is 1.28. The van der Waals surface area contributed by atoms with Crippen molar-refractivity contribution in [1.29, 1.82) is 5.41 Å². The molecule has 0 bridgehead atoms. The van der Waals surface area contributed by atoms with Gasteiger partial charge in [0.1, 0.15) is 0 Å². The fourth-order valence-corrected chi connectivity index (χ4v) is 0.922. The lowest BCUT2D eigenvalue weighted by molar-refractivity contribution is 0.111. The molecule has 0 saturated carbocycles. The van der Waals surface area contributed by atoms with E-state index in [1.807, 2.05) is 0 Å². The Bertz CT molecular complexity index is 378. The Labute approximate surface area is 75.7 Å². The zero-order chi connectivity index (χ0) is 10.9. The molecule has 0 aliphatic rings. The van der Waals surface area contributed by atoms with Crippen LogP contribution in [0.5, 0.6) is 0 Å². The summed E-state index contributed by atoms with van der Waals surface area (Å²) in [6.07, 6.45) is 0.0615. The van der Waals surface area contributed by atoms with E-state index in [9.17, 15) is 22.4 Å². The molecule has 1 rings (SSSR count). The molecule has 6 heteroatoms. The van der Waals surface area contributed by atoms with Gasteiger partial charge in [-0.2, -0.15) is 0 Å². The Hall–Kier alpha value is -1.72. The number of nitrogens with one attached hydrogen (secondary N) is 1. The van der Waals surface area contributed by atoms with Crippen LogP contribution in [0.25, 0.3) is 0 Å². The molecule has 0 aliphatic heterocycles. The highest BCUT2D eigenvalue weighted by atomic mass is 19.2. The number of carbonyl (C=O) groups excluding carboxylic acids is 1. The topological polar surface area (TPSA) is 40.9 Å². The van der Waals surface area contributed by atoms with Crippen molar-refractivity contribution in [1.82, 2.24) is 0 Å². The van der Waals surface area contributed by atoms with E-state index in [0.29, 0.717) is 0 Å². The minimum atomic E-state index is -2.06. The smallest absolute Gasteiger partial charge is 0.198 e. The number of benzene rings is 1. The van der Waals surface area contributed by atoms with Gasteiger partial charge < -0.3 is 5.41 Å². The average Bonchev–Trinajstić information content (AvgIpc) is 2.20. The molecule has 1 aromatic rings. The molecular formula is C8H3F4NO. The number of halogens is 4. The molecule has 0 unspecified atom stereocenters. The molecule has 0 heterocycles. The largest absolute Gasteiger partial charge is 0.308 e. The van der Waals surface area contributed by atoms with Gasteiger partial charge in [-0.25, -0.2) is 17.6 Å². The number of carbonyl (C=O) groups is 1. The first-order valence-corrected chi connectivity index (χ1v) is 3.36. The van der Waals surface area contributed by atoms with Gasteiger partial charge in [-0.1, -0.05) is 0 Å². The highest BCUT2D eigenvalue weighted by Crippen LogP contribution is 2.21. The molecular weight excluding hydrogens is 202 g/mol. The highest BCUT2D eigenvalue weighted by Gasteiger charge is 2.23. The van der Waals surface area contributed by atoms with Crippen molar-refractivity contribution in [2.75, 3.05) is 0 Å². The second-order valence-corrected chi connectivity index (χ2v) is 2.35. The van der Waals surface area contributed by atoms with Crippen molar-refractivity contribution in [3.63, 3.8) is 0 Å². The first-order valence-electron chi connectivity index (χ1n) is 3.36. The maximum absolute atomic E-state index is 12.8. The molecule has 2 nitrogen and oxygen atoms in total. The monoisotopic (exact) mass is 205 g/mol. The van der Waals surface area contributed by atoms with Crippen LogP contribution in [0.2, 0.25) is 0 Å². The van der Waals surface area contributed by atoms with E-state index in [4.69, 9.17) is 5.41 Å². The van der Waals surface area contributed by atoms with E-state index in [1.54, 1.807) is 0 Å². The molecule has 0 aliphatic carbocycles. The van der Waals surface area contributed by atoms with Crippen LogP contribution in [0.1, 0.15) is 15.9 Å². The SMILES string of the molecule is N=Cc1c(F)c(F)c(F)c(F)c1C=O. The van der Waals surface area contributed by atoms with Crippen LogP contribution in [0.3, 0.4) is 0 Å². The Morgan fingerprint density at radius 2 is 1.29 bits per heavy atom. The summed E-state index contributed by atoms with van der Waals surface area (Å²) in [6.45, 7) is 0. The zero-order valence-electron chi connectivity index (χ0n) is 6.57. The van der Waals surface area contributed by atoms with Crippen LogP contribution >= 0.6 is 0 Å². The van der Waals surface area contributed by atoms with Gasteiger partial charge in [0.15, 0.2) is 29.6 Å². The second kappa shape index (κ2) is 3.57. The third-order valence-corrected chi connectivity index (χ3v) is 1.60. The Kier molecular flexibility index (Phi) is 2.64. The quantitative estimate of drug-likeness (QED) is 0.259. The standard InChI is InChI=1S/C8H3F4NO/c9-5-3(1-13)4(2-14)6(10)8(12)7(5)11/h1-2,13H. The summed E-state index contributed by atoms with van der Waals surface area (Å²) in [6, 6.07) is 0. The van der Waals surface area contributed by atoms with Crippen molar-refractivity contribution < 1.29 is 22.4 Å². The zero-order valence-corrected chi connectivity index (χ0v) is 6.57. The van der Waals surface area contributed by atoms with Gasteiger partial charge in [0, 0.05) is 11.8 Å². The fraction of sp³-hybridized carbons (Fsp3) is 0. The minimum Gasteiger partial charge on any atom is -0.308 e. The van der Waals surface area contributed by atoms with Crippen LogP contribution in [-0.4, -0.2) is 12.5 Å². The minimum absolute atomic E-state index is 0.179. The lowest BCUT2D eigenvalue weighted by atomic mass is 10.1. The van der Waals surface area contributed by atoms with Gasteiger partial charge in [-0.05, 0) is 0 Å². The number of hydrogen-bond acceptors (Lipinski definition) is 2. The number of aldehydes is 1. The summed E-state index contributed by atoms with van der Waals surface area (Å²) in [5.41, 5.74) is -1.91. The summed E-state index contributed by atoms with van der Waals surface area (Å²) in [5, 5.41) is 6.61. The molecule has 74 valence electrons. The van der Waals surface area contributed by atoms with Crippen LogP contribution in [0.4, 0.5) is 17.6 Å². The second-order valence-electron chi connectivity index (χ2n) is 2.35. The number of hydrogen-bond donors (Lipinski definition) is 1. The molecule has 0 radical (unpaired) electrons. The van der Waals surface area contributed by atoms with E-state index in [2.05, 4.69) is 0 Å². The van der Waals surface area contributed by atoms with Crippen molar-refractivity contribution in [2.24, 2.45) is 0 Å². The molecule has 0 atom stereocenters. The average molecular weight is 205 g/mol. The molecule has 1 aromatic carbocycles. The van der Waals surface area contributed by atoms with Crippen LogP contribution in [0.15, 0.2) is 0 Å². The van der Waals surface area contributed by atoms with Crippen molar-refractivity contribution in [3.05, 3.63) is 34.4 Å². The van der Waals surface area contributed by atoms with Gasteiger partial charge in [0.05, 0.1) is 5.56 Å². The predicted octanol–water partition coefficient (Wildman–Crippen LogP) is 2.05.